The number of rotatable bonds is 10. The van der Waals surface area contributed by atoms with Gasteiger partial charge in [-0.05, 0) is 61.7 Å². The third-order valence-electron chi connectivity index (χ3n) is 5.87. The van der Waals surface area contributed by atoms with Gasteiger partial charge in [0.2, 0.25) is 12.3 Å². The van der Waals surface area contributed by atoms with E-state index in [1.165, 1.54) is 0 Å². The molecule has 0 aliphatic heterocycles. The Labute approximate surface area is 210 Å². The zero-order valence-corrected chi connectivity index (χ0v) is 20.6. The van der Waals surface area contributed by atoms with Crippen molar-refractivity contribution < 1.29 is 14.0 Å². The highest BCUT2D eigenvalue weighted by molar-refractivity contribution is 5.97. The summed E-state index contributed by atoms with van der Waals surface area (Å²) in [4.78, 5) is 35.5. The maximum absolute atomic E-state index is 13.4. The summed E-state index contributed by atoms with van der Waals surface area (Å²) in [6, 6.07) is 22.8. The van der Waals surface area contributed by atoms with E-state index in [1.807, 2.05) is 79.4 Å². The Morgan fingerprint density at radius 2 is 1.83 bits per heavy atom. The number of amidine groups is 1. The van der Waals surface area contributed by atoms with Crippen LogP contribution in [0.5, 0.6) is 0 Å². The number of nitrogens with one attached hydrogen (secondary N) is 1. The zero-order valence-electron chi connectivity index (χ0n) is 20.6. The lowest BCUT2D eigenvalue weighted by Crippen LogP contribution is -2.33. The van der Waals surface area contributed by atoms with Crippen LogP contribution in [0, 0.1) is 6.92 Å². The lowest BCUT2D eigenvalue weighted by atomic mass is 10.1. The predicted molar refractivity (Wildman–Crippen MR) is 142 cm³/mol. The van der Waals surface area contributed by atoms with E-state index in [9.17, 15) is 9.59 Å². The molecular weight excluding hydrogens is 452 g/mol. The molecule has 4 rings (SSSR count). The van der Waals surface area contributed by atoms with Crippen LogP contribution in [0.15, 0.2) is 82.2 Å². The fraction of sp³-hybridized carbons (Fsp3) is 0.241. The number of aryl methyl sites for hydroxylation is 1. The van der Waals surface area contributed by atoms with Crippen molar-refractivity contribution in [2.24, 2.45) is 4.99 Å². The van der Waals surface area contributed by atoms with Crippen molar-refractivity contribution >= 4 is 34.9 Å². The Morgan fingerprint density at radius 3 is 2.58 bits per heavy atom. The van der Waals surface area contributed by atoms with Gasteiger partial charge in [0.25, 0.3) is 5.91 Å². The number of hydrogen-bond donors (Lipinski definition) is 1. The third kappa shape index (κ3) is 6.05. The molecule has 0 atom stereocenters. The first-order chi connectivity index (χ1) is 17.6. The Bertz CT molecular complexity index is 1360. The third-order valence-corrected chi connectivity index (χ3v) is 5.87. The summed E-state index contributed by atoms with van der Waals surface area (Å²) in [6.07, 6.45) is 2.69. The maximum Gasteiger partial charge on any atom is 0.253 e. The molecule has 1 N–H and O–H groups in total. The van der Waals surface area contributed by atoms with Gasteiger partial charge in [0.05, 0.1) is 5.69 Å². The van der Waals surface area contributed by atoms with Gasteiger partial charge < -0.3 is 14.6 Å². The Morgan fingerprint density at radius 1 is 1.06 bits per heavy atom. The van der Waals surface area contributed by atoms with Gasteiger partial charge in [0.15, 0.2) is 5.58 Å². The molecule has 0 saturated heterocycles. The normalized spacial score (nSPS) is 11.4. The lowest BCUT2D eigenvalue weighted by molar-refractivity contribution is -0.108. The molecule has 1 aromatic heterocycles. The van der Waals surface area contributed by atoms with Crippen molar-refractivity contribution in [1.29, 1.82) is 0 Å². The summed E-state index contributed by atoms with van der Waals surface area (Å²) in [5.41, 5.74) is 4.60. The standard InChI is InChI=1S/C29H30N4O3/c1-3-17-33(18-9-14-27(30-20-34)31-24-13-8-7-10-21(24)2)29(35)23-15-16-25-26(19-23)36-28(32-25)22-11-5-4-6-12-22/h4-8,10-13,15-16,19-20H,3,9,14,17-18H2,1-2H3,(H,30,31,34). The zero-order chi connectivity index (χ0) is 25.3. The molecule has 0 unspecified atom stereocenters. The predicted octanol–water partition coefficient (Wildman–Crippen LogP) is 5.91. The maximum atomic E-state index is 13.4. The Kier molecular flexibility index (Phi) is 8.24. The van der Waals surface area contributed by atoms with Gasteiger partial charge in [-0.1, -0.05) is 43.3 Å². The van der Waals surface area contributed by atoms with E-state index in [0.29, 0.717) is 60.7 Å². The smallest absolute Gasteiger partial charge is 0.253 e. The fourth-order valence-corrected chi connectivity index (χ4v) is 4.03. The van der Waals surface area contributed by atoms with Crippen LogP contribution >= 0.6 is 0 Å². The first-order valence-corrected chi connectivity index (χ1v) is 12.2. The molecule has 0 saturated carbocycles. The lowest BCUT2D eigenvalue weighted by Gasteiger charge is -2.22. The van der Waals surface area contributed by atoms with Crippen LogP contribution in [0.2, 0.25) is 0 Å². The van der Waals surface area contributed by atoms with Crippen LogP contribution in [-0.2, 0) is 4.79 Å². The topological polar surface area (TPSA) is 87.8 Å². The second-order valence-electron chi connectivity index (χ2n) is 8.57. The van der Waals surface area contributed by atoms with Gasteiger partial charge >= 0.3 is 0 Å². The van der Waals surface area contributed by atoms with Crippen molar-refractivity contribution in [2.45, 2.75) is 33.1 Å². The quantitative estimate of drug-likeness (QED) is 0.173. The average molecular weight is 483 g/mol. The van der Waals surface area contributed by atoms with E-state index in [-0.39, 0.29) is 5.91 Å². The molecule has 0 aliphatic carbocycles. The minimum absolute atomic E-state index is 0.0582. The molecule has 1 heterocycles. The number of aliphatic imine (C=N–C) groups is 1. The molecule has 2 amide bonds. The van der Waals surface area contributed by atoms with Crippen LogP contribution in [0.1, 0.15) is 42.1 Å². The van der Waals surface area contributed by atoms with Crippen molar-refractivity contribution in [3.05, 3.63) is 83.9 Å². The molecule has 0 bridgehead atoms. The highest BCUT2D eigenvalue weighted by Gasteiger charge is 2.17. The number of nitrogens with zero attached hydrogens (tertiary/aromatic N) is 3. The molecule has 0 spiro atoms. The molecule has 36 heavy (non-hydrogen) atoms. The Hall–Kier alpha value is -4.26. The first-order valence-electron chi connectivity index (χ1n) is 12.2. The molecule has 3 aromatic carbocycles. The number of oxazole rings is 1. The van der Waals surface area contributed by atoms with Crippen LogP contribution in [0.25, 0.3) is 22.6 Å². The molecule has 0 aliphatic rings. The number of amides is 2. The molecular formula is C29H30N4O3. The number of hydrogen-bond acceptors (Lipinski definition) is 5. The van der Waals surface area contributed by atoms with Crippen LogP contribution in [0.3, 0.4) is 0 Å². The summed E-state index contributed by atoms with van der Waals surface area (Å²) in [5, 5.41) is 2.71. The van der Waals surface area contributed by atoms with Gasteiger partial charge in [-0.3, -0.25) is 9.59 Å². The van der Waals surface area contributed by atoms with Crippen LogP contribution in [-0.4, -0.2) is 41.1 Å². The molecule has 0 radical (unpaired) electrons. The summed E-state index contributed by atoms with van der Waals surface area (Å²) in [6.45, 7) is 5.20. The highest BCUT2D eigenvalue weighted by Crippen LogP contribution is 2.25. The number of para-hydroxylation sites is 1. The van der Waals surface area contributed by atoms with Gasteiger partial charge in [-0.15, -0.1) is 0 Å². The first kappa shape index (κ1) is 24.9. The minimum atomic E-state index is -0.0582. The Balaban J connectivity index is 1.46. The van der Waals surface area contributed by atoms with E-state index in [1.54, 1.807) is 12.1 Å². The number of benzene rings is 3. The van der Waals surface area contributed by atoms with E-state index in [4.69, 9.17) is 4.42 Å². The summed E-state index contributed by atoms with van der Waals surface area (Å²) < 4.78 is 5.95. The van der Waals surface area contributed by atoms with Gasteiger partial charge in [-0.2, -0.15) is 0 Å². The fourth-order valence-electron chi connectivity index (χ4n) is 4.03. The monoisotopic (exact) mass is 482 g/mol. The second kappa shape index (κ2) is 11.9. The van der Waals surface area contributed by atoms with E-state index in [0.717, 1.165) is 23.2 Å². The molecule has 0 fully saturated rings. The summed E-state index contributed by atoms with van der Waals surface area (Å²) >= 11 is 0. The van der Waals surface area contributed by atoms with Crippen molar-refractivity contribution in [3.63, 3.8) is 0 Å². The number of fused-ring (bicyclic) bond motifs is 1. The number of carbonyl (C=O) groups is 2. The summed E-state index contributed by atoms with van der Waals surface area (Å²) in [5.74, 6) is 1.06. The largest absolute Gasteiger partial charge is 0.436 e. The van der Waals surface area contributed by atoms with Gasteiger partial charge in [0, 0.05) is 30.6 Å². The second-order valence-corrected chi connectivity index (χ2v) is 8.57. The van der Waals surface area contributed by atoms with Crippen molar-refractivity contribution in [2.75, 3.05) is 13.1 Å². The van der Waals surface area contributed by atoms with Crippen LogP contribution in [0.4, 0.5) is 5.69 Å². The number of carbonyl (C=O) groups excluding carboxylic acids is 2. The molecule has 4 aromatic rings. The molecule has 7 heteroatoms. The van der Waals surface area contributed by atoms with Gasteiger partial charge in [0.1, 0.15) is 11.4 Å². The van der Waals surface area contributed by atoms with Crippen molar-refractivity contribution in [1.82, 2.24) is 15.2 Å². The highest BCUT2D eigenvalue weighted by atomic mass is 16.3. The SMILES string of the molecule is CCCN(CCCC(=Nc1ccccc1C)NC=O)C(=O)c1ccc2nc(-c3ccccc3)oc2c1. The number of aromatic nitrogens is 1. The van der Waals surface area contributed by atoms with Gasteiger partial charge in [-0.25, -0.2) is 9.98 Å². The van der Waals surface area contributed by atoms with Crippen LogP contribution < -0.4 is 5.32 Å². The van der Waals surface area contributed by atoms with Crippen molar-refractivity contribution in [3.8, 4) is 11.5 Å². The molecule has 184 valence electrons. The average Bonchev–Trinajstić information content (AvgIpc) is 3.33. The summed E-state index contributed by atoms with van der Waals surface area (Å²) in [7, 11) is 0. The minimum Gasteiger partial charge on any atom is -0.436 e. The van der Waals surface area contributed by atoms with E-state index < -0.39 is 0 Å². The molecule has 7 nitrogen and oxygen atoms in total. The van der Waals surface area contributed by atoms with E-state index >= 15 is 0 Å². The van der Waals surface area contributed by atoms with E-state index in [2.05, 4.69) is 15.3 Å².